The van der Waals surface area contributed by atoms with Crippen molar-refractivity contribution in [2.75, 3.05) is 19.7 Å². The highest BCUT2D eigenvalue weighted by molar-refractivity contribution is 5.38. The van der Waals surface area contributed by atoms with Crippen molar-refractivity contribution in [3.63, 3.8) is 0 Å². The Bertz CT molecular complexity index is 375. The first kappa shape index (κ1) is 13.4. The number of rotatable bonds is 5. The van der Waals surface area contributed by atoms with Gasteiger partial charge in [-0.2, -0.15) is 0 Å². The zero-order valence-corrected chi connectivity index (χ0v) is 11.4. The van der Waals surface area contributed by atoms with E-state index in [4.69, 9.17) is 10.5 Å². The smallest absolute Gasteiger partial charge is 0.124 e. The maximum absolute atomic E-state index is 6.43. The Morgan fingerprint density at radius 1 is 1.22 bits per heavy atom. The fourth-order valence-electron chi connectivity index (χ4n) is 2.72. The maximum atomic E-state index is 6.43. The second-order valence-corrected chi connectivity index (χ2v) is 4.98. The van der Waals surface area contributed by atoms with E-state index >= 15 is 0 Å². The molecule has 0 aliphatic carbocycles. The van der Waals surface area contributed by atoms with Gasteiger partial charge < -0.3 is 10.5 Å². The minimum absolute atomic E-state index is 0.0630. The Morgan fingerprint density at radius 3 is 2.56 bits per heavy atom. The molecule has 0 aromatic heterocycles. The van der Waals surface area contributed by atoms with Gasteiger partial charge in [-0.1, -0.05) is 32.0 Å². The number of nitrogens with two attached hydrogens (primary N) is 1. The molecule has 0 saturated heterocycles. The Balaban J connectivity index is 2.16. The molecular formula is C15H24N2O. The molecule has 0 bridgehead atoms. The molecule has 0 radical (unpaired) electrons. The van der Waals surface area contributed by atoms with Crippen molar-refractivity contribution in [3.8, 4) is 5.75 Å². The van der Waals surface area contributed by atoms with Crippen LogP contribution in [0.3, 0.4) is 0 Å². The van der Waals surface area contributed by atoms with E-state index in [9.17, 15) is 0 Å². The maximum Gasteiger partial charge on any atom is 0.124 e. The summed E-state index contributed by atoms with van der Waals surface area (Å²) in [6.45, 7) is 7.32. The van der Waals surface area contributed by atoms with Crippen LogP contribution >= 0.6 is 0 Å². The summed E-state index contributed by atoms with van der Waals surface area (Å²) in [5.41, 5.74) is 7.57. The first-order chi connectivity index (χ1) is 8.77. The minimum Gasteiger partial charge on any atom is -0.492 e. The molecule has 0 saturated carbocycles. The van der Waals surface area contributed by atoms with Crippen molar-refractivity contribution < 1.29 is 4.74 Å². The molecular weight excluding hydrogens is 224 g/mol. The minimum atomic E-state index is 0.0630. The number of hydrogen-bond donors (Lipinski definition) is 1. The normalized spacial score (nSPS) is 22.7. The van der Waals surface area contributed by atoms with Crippen molar-refractivity contribution in [2.24, 2.45) is 5.73 Å². The Morgan fingerprint density at radius 2 is 1.89 bits per heavy atom. The van der Waals surface area contributed by atoms with Crippen molar-refractivity contribution in [2.45, 2.75) is 38.8 Å². The lowest BCUT2D eigenvalue weighted by Crippen LogP contribution is -2.49. The molecule has 1 aromatic carbocycles. The number of para-hydroxylation sites is 1. The summed E-state index contributed by atoms with van der Waals surface area (Å²) in [5.74, 6) is 0.953. The van der Waals surface area contributed by atoms with Crippen molar-refractivity contribution in [3.05, 3.63) is 29.8 Å². The van der Waals surface area contributed by atoms with E-state index in [0.29, 0.717) is 12.6 Å². The van der Waals surface area contributed by atoms with E-state index < -0.39 is 0 Å². The molecule has 2 rings (SSSR count). The average molecular weight is 248 g/mol. The van der Waals surface area contributed by atoms with Crippen LogP contribution in [-0.2, 0) is 0 Å². The lowest BCUT2D eigenvalue weighted by atomic mass is 9.95. The molecule has 1 heterocycles. The van der Waals surface area contributed by atoms with Gasteiger partial charge in [0.05, 0.1) is 12.1 Å². The fraction of sp³-hybridized carbons (Fsp3) is 0.600. The summed E-state index contributed by atoms with van der Waals surface area (Å²) in [7, 11) is 0. The molecule has 2 N–H and O–H groups in total. The monoisotopic (exact) mass is 248 g/mol. The Hall–Kier alpha value is -1.06. The van der Waals surface area contributed by atoms with Gasteiger partial charge in [0.2, 0.25) is 0 Å². The summed E-state index contributed by atoms with van der Waals surface area (Å²) >= 11 is 0. The van der Waals surface area contributed by atoms with Crippen LogP contribution in [-0.4, -0.2) is 30.6 Å². The van der Waals surface area contributed by atoms with Gasteiger partial charge in [0.25, 0.3) is 0 Å². The van der Waals surface area contributed by atoms with Gasteiger partial charge in [-0.05, 0) is 32.0 Å². The molecule has 0 spiro atoms. The van der Waals surface area contributed by atoms with Crippen molar-refractivity contribution in [1.82, 2.24) is 4.90 Å². The lowest BCUT2D eigenvalue weighted by Gasteiger charge is -2.39. The van der Waals surface area contributed by atoms with Gasteiger partial charge in [-0.15, -0.1) is 0 Å². The third kappa shape index (κ3) is 2.68. The molecule has 0 fully saturated rings. The van der Waals surface area contributed by atoms with E-state index in [1.807, 2.05) is 18.2 Å². The number of hydrogen-bond acceptors (Lipinski definition) is 3. The quantitative estimate of drug-likeness (QED) is 0.870. The van der Waals surface area contributed by atoms with Crippen LogP contribution in [0.25, 0.3) is 0 Å². The highest BCUT2D eigenvalue weighted by Crippen LogP contribution is 2.32. The topological polar surface area (TPSA) is 38.5 Å². The van der Waals surface area contributed by atoms with Gasteiger partial charge in [0.1, 0.15) is 12.4 Å². The number of nitrogens with zero attached hydrogens (tertiary/aromatic N) is 1. The molecule has 1 aliphatic heterocycles. The van der Waals surface area contributed by atoms with Crippen LogP contribution < -0.4 is 10.5 Å². The molecule has 1 aliphatic rings. The van der Waals surface area contributed by atoms with Crippen LogP contribution in [0, 0.1) is 0 Å². The molecule has 100 valence electrons. The van der Waals surface area contributed by atoms with Gasteiger partial charge in [0.15, 0.2) is 0 Å². The van der Waals surface area contributed by atoms with Crippen LogP contribution in [0.5, 0.6) is 5.75 Å². The number of benzene rings is 1. The SMILES string of the molecule is CCCN(CCC)C1COc2ccccc2C1N. The first-order valence-corrected chi connectivity index (χ1v) is 6.99. The van der Waals surface area contributed by atoms with Crippen LogP contribution in [0.4, 0.5) is 0 Å². The van der Waals surface area contributed by atoms with Crippen LogP contribution in [0.2, 0.25) is 0 Å². The van der Waals surface area contributed by atoms with Gasteiger partial charge in [0, 0.05) is 5.56 Å². The summed E-state index contributed by atoms with van der Waals surface area (Å²) in [6.07, 6.45) is 2.32. The van der Waals surface area contributed by atoms with Gasteiger partial charge in [-0.3, -0.25) is 4.90 Å². The third-order valence-corrected chi connectivity index (χ3v) is 3.59. The molecule has 1 aromatic rings. The largest absolute Gasteiger partial charge is 0.492 e. The second kappa shape index (κ2) is 6.21. The first-order valence-electron chi connectivity index (χ1n) is 6.99. The molecule has 0 amide bonds. The zero-order chi connectivity index (χ0) is 13.0. The predicted octanol–water partition coefficient (Wildman–Crippen LogP) is 2.57. The summed E-state index contributed by atoms with van der Waals surface area (Å²) in [4.78, 5) is 2.47. The average Bonchev–Trinajstić information content (AvgIpc) is 2.39. The van der Waals surface area contributed by atoms with E-state index in [-0.39, 0.29) is 6.04 Å². The number of fused-ring (bicyclic) bond motifs is 1. The van der Waals surface area contributed by atoms with Crippen LogP contribution in [0.15, 0.2) is 24.3 Å². The Kier molecular flexibility index (Phi) is 4.61. The number of ether oxygens (including phenoxy) is 1. The molecule has 3 nitrogen and oxygen atoms in total. The standard InChI is InChI=1S/C15H24N2O/c1-3-9-17(10-4-2)13-11-18-14-8-6-5-7-12(14)15(13)16/h5-8,13,15H,3-4,9-11,16H2,1-2H3. The van der Waals surface area contributed by atoms with E-state index in [1.54, 1.807) is 0 Å². The predicted molar refractivity (Wildman–Crippen MR) is 74.8 cm³/mol. The molecule has 3 heteroatoms. The van der Waals surface area contributed by atoms with Crippen molar-refractivity contribution >= 4 is 0 Å². The second-order valence-electron chi connectivity index (χ2n) is 4.98. The van der Waals surface area contributed by atoms with E-state index in [2.05, 4.69) is 24.8 Å². The highest BCUT2D eigenvalue weighted by atomic mass is 16.5. The summed E-state index contributed by atoms with van der Waals surface area (Å²) in [6, 6.07) is 8.50. The zero-order valence-electron chi connectivity index (χ0n) is 11.4. The van der Waals surface area contributed by atoms with E-state index in [0.717, 1.165) is 37.2 Å². The molecule has 2 unspecified atom stereocenters. The highest BCUT2D eigenvalue weighted by Gasteiger charge is 2.31. The van der Waals surface area contributed by atoms with Crippen molar-refractivity contribution in [1.29, 1.82) is 0 Å². The van der Waals surface area contributed by atoms with Gasteiger partial charge >= 0.3 is 0 Å². The molecule has 18 heavy (non-hydrogen) atoms. The lowest BCUT2D eigenvalue weighted by molar-refractivity contribution is 0.0973. The van der Waals surface area contributed by atoms with Crippen LogP contribution in [0.1, 0.15) is 38.3 Å². The molecule has 2 atom stereocenters. The van der Waals surface area contributed by atoms with Gasteiger partial charge in [-0.25, -0.2) is 0 Å². The Labute approximate surface area is 110 Å². The van der Waals surface area contributed by atoms with E-state index in [1.165, 1.54) is 0 Å². The summed E-state index contributed by atoms with van der Waals surface area (Å²) < 4.78 is 5.86. The summed E-state index contributed by atoms with van der Waals surface area (Å²) in [5, 5.41) is 0. The fourth-order valence-corrected chi connectivity index (χ4v) is 2.72. The third-order valence-electron chi connectivity index (χ3n) is 3.59.